The Morgan fingerprint density at radius 1 is 1.00 bits per heavy atom. The number of rotatable bonds is 6. The van der Waals surface area contributed by atoms with Crippen molar-refractivity contribution < 1.29 is 27.2 Å². The maximum absolute atomic E-state index is 13.8. The van der Waals surface area contributed by atoms with E-state index in [9.17, 15) is 27.2 Å². The first-order chi connectivity index (χ1) is 17.1. The maximum Gasteiger partial charge on any atom is 0.419 e. The van der Waals surface area contributed by atoms with E-state index in [1.54, 1.807) is 17.0 Å². The fraction of sp³-hybridized carbons (Fsp3) is 0.259. The summed E-state index contributed by atoms with van der Waals surface area (Å²) in [6.45, 7) is 0.788. The van der Waals surface area contributed by atoms with Crippen molar-refractivity contribution in [1.82, 2.24) is 4.90 Å². The molecule has 1 unspecified atom stereocenters. The zero-order valence-electron chi connectivity index (χ0n) is 19.3. The number of carbonyl (C=O) groups is 2. The molecule has 1 aliphatic rings. The van der Waals surface area contributed by atoms with E-state index in [4.69, 9.17) is 5.73 Å². The smallest absolute Gasteiger partial charge is 0.337 e. The standard InChI is InChI=1S/C27H25F4N3O2/c28-22-13-18(9-10-21(22)27(29,30)31)15-25(35)33-24-8-4-7-19-16-34(12-11-20(19)24)26(36)23(32)14-17-5-2-1-3-6-17/h1-10,13,23H,11-12,14-16,32H2,(H,33,35). The molecule has 1 aliphatic heterocycles. The van der Waals surface area contributed by atoms with Gasteiger partial charge in [0, 0.05) is 18.8 Å². The van der Waals surface area contributed by atoms with Crippen molar-refractivity contribution in [3.63, 3.8) is 0 Å². The van der Waals surface area contributed by atoms with Crippen LogP contribution in [0, 0.1) is 5.82 Å². The molecule has 9 heteroatoms. The average Bonchev–Trinajstić information content (AvgIpc) is 2.83. The van der Waals surface area contributed by atoms with Gasteiger partial charge in [0.1, 0.15) is 5.82 Å². The van der Waals surface area contributed by atoms with Crippen LogP contribution in [0.3, 0.4) is 0 Å². The van der Waals surface area contributed by atoms with Gasteiger partial charge >= 0.3 is 6.18 Å². The summed E-state index contributed by atoms with van der Waals surface area (Å²) in [6, 6.07) is 16.7. The lowest BCUT2D eigenvalue weighted by atomic mass is 9.96. The molecule has 0 fully saturated rings. The van der Waals surface area contributed by atoms with Gasteiger partial charge in [-0.05, 0) is 53.3 Å². The van der Waals surface area contributed by atoms with Crippen molar-refractivity contribution in [2.75, 3.05) is 11.9 Å². The van der Waals surface area contributed by atoms with Crippen LogP contribution in [0.4, 0.5) is 23.2 Å². The monoisotopic (exact) mass is 499 g/mol. The number of halogens is 4. The third-order valence-corrected chi connectivity index (χ3v) is 6.17. The normalized spacial score (nSPS) is 14.2. The summed E-state index contributed by atoms with van der Waals surface area (Å²) in [5.74, 6) is -2.05. The molecule has 0 saturated carbocycles. The minimum atomic E-state index is -4.80. The predicted molar refractivity (Wildman–Crippen MR) is 127 cm³/mol. The number of carbonyl (C=O) groups excluding carboxylic acids is 2. The van der Waals surface area contributed by atoms with Gasteiger partial charge in [-0.3, -0.25) is 9.59 Å². The molecule has 0 spiro atoms. The molecule has 4 rings (SSSR count). The summed E-state index contributed by atoms with van der Waals surface area (Å²) in [4.78, 5) is 27.2. The zero-order valence-corrected chi connectivity index (χ0v) is 19.3. The van der Waals surface area contributed by atoms with Crippen LogP contribution < -0.4 is 11.1 Å². The number of anilines is 1. The van der Waals surface area contributed by atoms with Crippen LogP contribution in [0.1, 0.15) is 27.8 Å². The number of alkyl halides is 3. The van der Waals surface area contributed by atoms with Crippen LogP contribution in [0.2, 0.25) is 0 Å². The number of benzene rings is 3. The lowest BCUT2D eigenvalue weighted by molar-refractivity contribution is -0.140. The Kier molecular flexibility index (Phi) is 7.40. The summed E-state index contributed by atoms with van der Waals surface area (Å²) in [7, 11) is 0. The number of hydrogen-bond acceptors (Lipinski definition) is 3. The highest BCUT2D eigenvalue weighted by Crippen LogP contribution is 2.32. The van der Waals surface area contributed by atoms with Crippen molar-refractivity contribution in [3.8, 4) is 0 Å². The fourth-order valence-electron chi connectivity index (χ4n) is 4.38. The quantitative estimate of drug-likeness (QED) is 0.491. The van der Waals surface area contributed by atoms with E-state index in [1.807, 2.05) is 36.4 Å². The van der Waals surface area contributed by atoms with Gasteiger partial charge in [-0.25, -0.2) is 4.39 Å². The Balaban J connectivity index is 1.40. The van der Waals surface area contributed by atoms with Gasteiger partial charge in [-0.15, -0.1) is 0 Å². The topological polar surface area (TPSA) is 75.4 Å². The first kappa shape index (κ1) is 25.4. The molecule has 0 radical (unpaired) electrons. The lowest BCUT2D eigenvalue weighted by Gasteiger charge is -2.32. The van der Waals surface area contributed by atoms with E-state index in [0.29, 0.717) is 37.7 Å². The van der Waals surface area contributed by atoms with Crippen LogP contribution in [-0.4, -0.2) is 29.3 Å². The van der Waals surface area contributed by atoms with Crippen molar-refractivity contribution in [3.05, 3.63) is 100 Å². The SMILES string of the molecule is NC(Cc1ccccc1)C(=O)N1CCc2c(cccc2NC(=O)Cc2ccc(C(F)(F)F)c(F)c2)C1. The maximum atomic E-state index is 13.8. The largest absolute Gasteiger partial charge is 0.419 e. The first-order valence-electron chi connectivity index (χ1n) is 11.5. The molecule has 5 nitrogen and oxygen atoms in total. The van der Waals surface area contributed by atoms with Crippen LogP contribution in [0.5, 0.6) is 0 Å². The first-order valence-corrected chi connectivity index (χ1v) is 11.5. The van der Waals surface area contributed by atoms with Gasteiger partial charge in [0.2, 0.25) is 11.8 Å². The highest BCUT2D eigenvalue weighted by Gasteiger charge is 2.34. The zero-order chi connectivity index (χ0) is 25.9. The van der Waals surface area contributed by atoms with E-state index in [1.165, 1.54) is 0 Å². The molecule has 36 heavy (non-hydrogen) atoms. The Labute approximate surface area is 205 Å². The Morgan fingerprint density at radius 3 is 2.44 bits per heavy atom. The second kappa shape index (κ2) is 10.5. The van der Waals surface area contributed by atoms with E-state index < -0.39 is 29.5 Å². The molecule has 1 atom stereocenters. The molecule has 0 saturated heterocycles. The molecule has 3 aromatic rings. The number of fused-ring (bicyclic) bond motifs is 1. The molecule has 188 valence electrons. The van der Waals surface area contributed by atoms with E-state index in [0.717, 1.165) is 28.8 Å². The summed E-state index contributed by atoms with van der Waals surface area (Å²) in [6.07, 6.45) is -4.14. The Hall–Kier alpha value is -3.72. The number of hydrogen-bond donors (Lipinski definition) is 2. The third kappa shape index (κ3) is 5.91. The van der Waals surface area contributed by atoms with Gasteiger partial charge in [-0.2, -0.15) is 13.2 Å². The molecular formula is C27H25F4N3O2. The van der Waals surface area contributed by atoms with Gasteiger partial charge in [0.05, 0.1) is 18.0 Å². The van der Waals surface area contributed by atoms with Crippen molar-refractivity contribution in [1.29, 1.82) is 0 Å². The highest BCUT2D eigenvalue weighted by molar-refractivity contribution is 5.93. The summed E-state index contributed by atoms with van der Waals surface area (Å²) in [5, 5.41) is 2.77. The molecule has 1 heterocycles. The van der Waals surface area contributed by atoms with Crippen LogP contribution >= 0.6 is 0 Å². The minimum absolute atomic E-state index is 0.131. The van der Waals surface area contributed by atoms with Crippen molar-refractivity contribution >= 4 is 17.5 Å². The number of nitrogens with two attached hydrogens (primary N) is 1. The summed E-state index contributed by atoms with van der Waals surface area (Å²) >= 11 is 0. The molecular weight excluding hydrogens is 474 g/mol. The number of nitrogens with zero attached hydrogens (tertiary/aromatic N) is 1. The van der Waals surface area contributed by atoms with Crippen LogP contribution in [-0.2, 0) is 41.6 Å². The Morgan fingerprint density at radius 2 is 1.75 bits per heavy atom. The van der Waals surface area contributed by atoms with Crippen LogP contribution in [0.15, 0.2) is 66.7 Å². The lowest BCUT2D eigenvalue weighted by Crippen LogP contribution is -2.46. The highest BCUT2D eigenvalue weighted by atomic mass is 19.4. The predicted octanol–water partition coefficient (Wildman–Crippen LogP) is 4.48. The molecule has 2 amide bonds. The van der Waals surface area contributed by atoms with Crippen molar-refractivity contribution in [2.45, 2.75) is 38.0 Å². The number of nitrogens with one attached hydrogen (secondary N) is 1. The van der Waals surface area contributed by atoms with Crippen molar-refractivity contribution in [2.24, 2.45) is 5.73 Å². The summed E-state index contributed by atoms with van der Waals surface area (Å²) in [5.41, 5.74) is 8.23. The third-order valence-electron chi connectivity index (χ3n) is 6.17. The molecule has 3 aromatic carbocycles. The average molecular weight is 500 g/mol. The van der Waals surface area contributed by atoms with Crippen LogP contribution in [0.25, 0.3) is 0 Å². The van der Waals surface area contributed by atoms with E-state index >= 15 is 0 Å². The van der Waals surface area contributed by atoms with Gasteiger partial charge < -0.3 is 16.0 Å². The second-order valence-corrected chi connectivity index (χ2v) is 8.79. The molecule has 3 N–H and O–H groups in total. The van der Waals surface area contributed by atoms with E-state index in [-0.39, 0.29) is 17.9 Å². The second-order valence-electron chi connectivity index (χ2n) is 8.79. The van der Waals surface area contributed by atoms with Gasteiger partial charge in [-0.1, -0.05) is 48.5 Å². The molecule has 0 aliphatic carbocycles. The van der Waals surface area contributed by atoms with Gasteiger partial charge in [0.15, 0.2) is 0 Å². The van der Waals surface area contributed by atoms with Gasteiger partial charge in [0.25, 0.3) is 0 Å². The summed E-state index contributed by atoms with van der Waals surface area (Å²) < 4.78 is 52.1. The number of amides is 2. The molecule has 0 bridgehead atoms. The minimum Gasteiger partial charge on any atom is -0.337 e. The fourth-order valence-corrected chi connectivity index (χ4v) is 4.38. The molecule has 0 aromatic heterocycles. The van der Waals surface area contributed by atoms with E-state index in [2.05, 4.69) is 5.32 Å². The Bertz CT molecular complexity index is 1260.